The zero-order valence-corrected chi connectivity index (χ0v) is 12.9. The van der Waals surface area contributed by atoms with Crippen molar-refractivity contribution < 1.29 is 9.59 Å². The molecule has 0 bridgehead atoms. The molecule has 4 nitrogen and oxygen atoms in total. The molecule has 0 spiro atoms. The Hall–Kier alpha value is -2.10. The summed E-state index contributed by atoms with van der Waals surface area (Å²) in [5.74, 6) is 0.627. The number of amides is 2. The van der Waals surface area contributed by atoms with E-state index in [1.165, 1.54) is 26.2 Å². The molecule has 116 valence electrons. The van der Waals surface area contributed by atoms with Crippen LogP contribution in [0, 0.1) is 5.92 Å². The van der Waals surface area contributed by atoms with Gasteiger partial charge in [-0.1, -0.05) is 30.7 Å². The number of nitrogens with one attached hydrogen (secondary N) is 1. The lowest BCUT2D eigenvalue weighted by molar-refractivity contribution is -0.130. The van der Waals surface area contributed by atoms with Gasteiger partial charge >= 0.3 is 0 Å². The minimum atomic E-state index is -0.208. The fourth-order valence-corrected chi connectivity index (χ4v) is 3.12. The number of benzene rings is 1. The SMILES string of the molecule is CC(=O)N1C=Cc2ccccc2[C@@H]1CC(=O)NCC1CCC1. The molecule has 3 rings (SSSR count). The standard InChI is InChI=1S/C18H22N2O2/c1-13(21)20-10-9-15-7-2-3-8-16(15)17(20)11-18(22)19-12-14-5-4-6-14/h2-3,7-10,14,17H,4-6,11-12H2,1H3,(H,19,22)/t17-/m0/s1. The zero-order valence-electron chi connectivity index (χ0n) is 12.9. The number of carbonyl (C=O) groups is 2. The van der Waals surface area contributed by atoms with Gasteiger partial charge in [-0.15, -0.1) is 0 Å². The lowest BCUT2D eigenvalue weighted by Crippen LogP contribution is -2.37. The van der Waals surface area contributed by atoms with E-state index in [1.807, 2.05) is 30.3 Å². The summed E-state index contributed by atoms with van der Waals surface area (Å²) in [6, 6.07) is 7.73. The summed E-state index contributed by atoms with van der Waals surface area (Å²) in [4.78, 5) is 25.8. The molecule has 2 amide bonds. The fourth-order valence-electron chi connectivity index (χ4n) is 3.12. The van der Waals surface area contributed by atoms with Crippen molar-refractivity contribution in [2.75, 3.05) is 6.54 Å². The van der Waals surface area contributed by atoms with Crippen LogP contribution in [0.15, 0.2) is 30.5 Å². The molecule has 0 radical (unpaired) electrons. The van der Waals surface area contributed by atoms with E-state index in [9.17, 15) is 9.59 Å². The number of nitrogens with zero attached hydrogens (tertiary/aromatic N) is 1. The first-order valence-corrected chi connectivity index (χ1v) is 7.98. The maximum atomic E-state index is 12.3. The van der Waals surface area contributed by atoms with Gasteiger partial charge < -0.3 is 10.2 Å². The summed E-state index contributed by atoms with van der Waals surface area (Å²) in [6.45, 7) is 2.31. The van der Waals surface area contributed by atoms with Crippen LogP contribution < -0.4 is 5.32 Å². The van der Waals surface area contributed by atoms with Gasteiger partial charge in [0, 0.05) is 19.7 Å². The third-order valence-corrected chi connectivity index (χ3v) is 4.66. The lowest BCUT2D eigenvalue weighted by Gasteiger charge is -2.32. The largest absolute Gasteiger partial charge is 0.356 e. The second-order valence-electron chi connectivity index (χ2n) is 6.19. The number of carbonyl (C=O) groups excluding carboxylic acids is 2. The molecule has 0 aromatic heterocycles. The third-order valence-electron chi connectivity index (χ3n) is 4.66. The minimum absolute atomic E-state index is 0.0215. The highest BCUT2D eigenvalue weighted by atomic mass is 16.2. The van der Waals surface area contributed by atoms with E-state index < -0.39 is 0 Å². The molecule has 1 atom stereocenters. The predicted molar refractivity (Wildman–Crippen MR) is 85.7 cm³/mol. The molecule has 1 aliphatic heterocycles. The Bertz CT molecular complexity index is 605. The molecule has 1 saturated carbocycles. The van der Waals surface area contributed by atoms with E-state index in [-0.39, 0.29) is 17.9 Å². The number of fused-ring (bicyclic) bond motifs is 1. The van der Waals surface area contributed by atoms with Crippen molar-refractivity contribution in [2.24, 2.45) is 5.92 Å². The van der Waals surface area contributed by atoms with E-state index in [0.29, 0.717) is 12.3 Å². The van der Waals surface area contributed by atoms with Gasteiger partial charge in [0.05, 0.1) is 12.5 Å². The van der Waals surface area contributed by atoms with Crippen LogP contribution in [0.3, 0.4) is 0 Å². The highest BCUT2D eigenvalue weighted by molar-refractivity contribution is 5.81. The molecule has 4 heteroatoms. The van der Waals surface area contributed by atoms with Crippen LogP contribution in [0.25, 0.3) is 6.08 Å². The van der Waals surface area contributed by atoms with Crippen molar-refractivity contribution in [1.29, 1.82) is 0 Å². The summed E-state index contributed by atoms with van der Waals surface area (Å²) in [5, 5.41) is 3.02. The molecule has 1 aliphatic carbocycles. The highest BCUT2D eigenvalue weighted by Gasteiger charge is 2.28. The summed E-state index contributed by atoms with van der Waals surface area (Å²) in [6.07, 6.45) is 7.74. The van der Waals surface area contributed by atoms with Crippen LogP contribution in [0.1, 0.15) is 49.8 Å². The summed E-state index contributed by atoms with van der Waals surface area (Å²) >= 11 is 0. The fraction of sp³-hybridized carbons (Fsp3) is 0.444. The van der Waals surface area contributed by atoms with Crippen molar-refractivity contribution in [2.45, 2.75) is 38.6 Å². The van der Waals surface area contributed by atoms with Crippen molar-refractivity contribution in [1.82, 2.24) is 10.2 Å². The van der Waals surface area contributed by atoms with Crippen LogP contribution in [-0.2, 0) is 9.59 Å². The molecule has 1 aromatic rings. The second kappa shape index (κ2) is 6.34. The van der Waals surface area contributed by atoms with Crippen molar-refractivity contribution in [3.63, 3.8) is 0 Å². The van der Waals surface area contributed by atoms with Gasteiger partial charge in [-0.05, 0) is 36.0 Å². The Morgan fingerprint density at radius 2 is 2.05 bits per heavy atom. The van der Waals surface area contributed by atoms with Crippen LogP contribution in [-0.4, -0.2) is 23.3 Å². The molecule has 0 saturated heterocycles. The lowest BCUT2D eigenvalue weighted by atomic mass is 9.85. The van der Waals surface area contributed by atoms with Crippen LogP contribution in [0.4, 0.5) is 0 Å². The van der Waals surface area contributed by atoms with Gasteiger partial charge in [-0.3, -0.25) is 9.59 Å². The molecule has 22 heavy (non-hydrogen) atoms. The second-order valence-corrected chi connectivity index (χ2v) is 6.19. The van der Waals surface area contributed by atoms with E-state index in [1.54, 1.807) is 11.1 Å². The van der Waals surface area contributed by atoms with E-state index in [4.69, 9.17) is 0 Å². The molecular weight excluding hydrogens is 276 g/mol. The summed E-state index contributed by atoms with van der Waals surface area (Å²) in [5.41, 5.74) is 2.12. The topological polar surface area (TPSA) is 49.4 Å². The highest BCUT2D eigenvalue weighted by Crippen LogP contribution is 2.33. The molecule has 2 aliphatic rings. The Morgan fingerprint density at radius 1 is 1.27 bits per heavy atom. The normalized spacial score (nSPS) is 20.2. The van der Waals surface area contributed by atoms with Gasteiger partial charge in [0.25, 0.3) is 0 Å². The van der Waals surface area contributed by atoms with Crippen LogP contribution in [0.5, 0.6) is 0 Å². The van der Waals surface area contributed by atoms with Crippen molar-refractivity contribution in [3.05, 3.63) is 41.6 Å². The van der Waals surface area contributed by atoms with E-state index in [2.05, 4.69) is 5.32 Å². The quantitative estimate of drug-likeness (QED) is 0.929. The van der Waals surface area contributed by atoms with Crippen LogP contribution in [0.2, 0.25) is 0 Å². The minimum Gasteiger partial charge on any atom is -0.356 e. The smallest absolute Gasteiger partial charge is 0.223 e. The first kappa shape index (κ1) is 14.8. The molecule has 1 N–H and O–H groups in total. The first-order valence-electron chi connectivity index (χ1n) is 7.98. The van der Waals surface area contributed by atoms with E-state index in [0.717, 1.165) is 17.7 Å². The zero-order chi connectivity index (χ0) is 15.5. The van der Waals surface area contributed by atoms with Crippen molar-refractivity contribution >= 4 is 17.9 Å². The van der Waals surface area contributed by atoms with Crippen molar-refractivity contribution in [3.8, 4) is 0 Å². The van der Waals surface area contributed by atoms with Gasteiger partial charge in [0.1, 0.15) is 0 Å². The Kier molecular flexibility index (Phi) is 4.27. The average Bonchev–Trinajstić information content (AvgIpc) is 2.45. The summed E-state index contributed by atoms with van der Waals surface area (Å²) < 4.78 is 0. The number of rotatable bonds is 4. The predicted octanol–water partition coefficient (Wildman–Crippen LogP) is 2.87. The molecule has 1 aromatic carbocycles. The molecular formula is C18H22N2O2. The summed E-state index contributed by atoms with van der Waals surface area (Å²) in [7, 11) is 0. The van der Waals surface area contributed by atoms with Gasteiger partial charge in [0.15, 0.2) is 0 Å². The van der Waals surface area contributed by atoms with Crippen LogP contribution >= 0.6 is 0 Å². The van der Waals surface area contributed by atoms with Gasteiger partial charge in [-0.2, -0.15) is 0 Å². The monoisotopic (exact) mass is 298 g/mol. The Morgan fingerprint density at radius 3 is 2.73 bits per heavy atom. The van der Waals surface area contributed by atoms with E-state index >= 15 is 0 Å². The number of hydrogen-bond donors (Lipinski definition) is 1. The maximum absolute atomic E-state index is 12.3. The molecule has 0 unspecified atom stereocenters. The number of hydrogen-bond acceptors (Lipinski definition) is 2. The maximum Gasteiger partial charge on any atom is 0.223 e. The van der Waals surface area contributed by atoms with Gasteiger partial charge in [-0.25, -0.2) is 0 Å². The first-order chi connectivity index (χ1) is 10.6. The molecule has 1 heterocycles. The Balaban J connectivity index is 1.71. The molecule has 1 fully saturated rings. The average molecular weight is 298 g/mol. The van der Waals surface area contributed by atoms with Gasteiger partial charge in [0.2, 0.25) is 11.8 Å². The third kappa shape index (κ3) is 3.06. The Labute approximate surface area is 131 Å².